The SMILES string of the molecule is C=CC(=O)N[C@H]1C[C@@H]1C(F)F. The molecule has 11 heavy (non-hydrogen) atoms. The molecule has 0 aromatic rings. The maximum absolute atomic E-state index is 11.8. The topological polar surface area (TPSA) is 29.1 Å². The van der Waals surface area contributed by atoms with Gasteiger partial charge in [-0.05, 0) is 12.5 Å². The number of nitrogens with one attached hydrogen (secondary N) is 1. The summed E-state index contributed by atoms with van der Waals surface area (Å²) < 4.78 is 23.7. The van der Waals surface area contributed by atoms with E-state index in [2.05, 4.69) is 11.9 Å². The molecule has 2 atom stereocenters. The number of carbonyl (C=O) groups excluding carboxylic acids is 1. The number of rotatable bonds is 3. The second kappa shape index (κ2) is 2.98. The number of amides is 1. The van der Waals surface area contributed by atoms with Gasteiger partial charge in [0.1, 0.15) is 0 Å². The molecule has 1 fully saturated rings. The Morgan fingerprint density at radius 3 is 2.73 bits per heavy atom. The molecule has 0 unspecified atom stereocenters. The molecule has 0 radical (unpaired) electrons. The summed E-state index contributed by atoms with van der Waals surface area (Å²) in [6, 6.07) is -0.333. The third-order valence-electron chi connectivity index (χ3n) is 1.68. The van der Waals surface area contributed by atoms with Gasteiger partial charge in [0.15, 0.2) is 0 Å². The number of carbonyl (C=O) groups is 1. The average Bonchev–Trinajstić information content (AvgIpc) is 2.67. The second-order valence-corrected chi connectivity index (χ2v) is 2.55. The summed E-state index contributed by atoms with van der Waals surface area (Å²) in [5.41, 5.74) is 0. The van der Waals surface area contributed by atoms with Gasteiger partial charge >= 0.3 is 0 Å². The fraction of sp³-hybridized carbons (Fsp3) is 0.571. The molecular formula is C7H9F2NO. The monoisotopic (exact) mass is 161 g/mol. The Bertz CT molecular complexity index is 181. The minimum atomic E-state index is -2.31. The van der Waals surface area contributed by atoms with E-state index in [4.69, 9.17) is 0 Å². The number of halogens is 2. The lowest BCUT2D eigenvalue weighted by atomic mass is 10.4. The summed E-state index contributed by atoms with van der Waals surface area (Å²) in [6.07, 6.45) is -0.844. The first-order chi connectivity index (χ1) is 5.15. The van der Waals surface area contributed by atoms with E-state index in [-0.39, 0.29) is 11.9 Å². The zero-order chi connectivity index (χ0) is 8.43. The van der Waals surface area contributed by atoms with Crippen LogP contribution in [0.15, 0.2) is 12.7 Å². The maximum atomic E-state index is 11.8. The largest absolute Gasteiger partial charge is 0.349 e. The first kappa shape index (κ1) is 8.17. The zero-order valence-corrected chi connectivity index (χ0v) is 5.89. The van der Waals surface area contributed by atoms with Crippen LogP contribution in [0.2, 0.25) is 0 Å². The number of hydrogen-bond acceptors (Lipinski definition) is 1. The van der Waals surface area contributed by atoms with Crippen molar-refractivity contribution >= 4 is 5.91 Å². The van der Waals surface area contributed by atoms with Crippen molar-refractivity contribution in [3.05, 3.63) is 12.7 Å². The molecule has 1 N–H and O–H groups in total. The lowest BCUT2D eigenvalue weighted by Gasteiger charge is -1.98. The average molecular weight is 161 g/mol. The Kier molecular flexibility index (Phi) is 2.22. The van der Waals surface area contributed by atoms with E-state index in [0.29, 0.717) is 6.42 Å². The summed E-state index contributed by atoms with van der Waals surface area (Å²) in [6.45, 7) is 3.21. The molecule has 0 heterocycles. The predicted octanol–water partition coefficient (Wildman–Crippen LogP) is 0.942. The van der Waals surface area contributed by atoms with Gasteiger partial charge in [0.05, 0.1) is 0 Å². The maximum Gasteiger partial charge on any atom is 0.243 e. The molecule has 0 aromatic heterocycles. The zero-order valence-electron chi connectivity index (χ0n) is 5.89. The third kappa shape index (κ3) is 2.00. The minimum absolute atomic E-state index is 0.333. The van der Waals surface area contributed by atoms with Crippen molar-refractivity contribution in [1.29, 1.82) is 0 Å². The van der Waals surface area contributed by atoms with Gasteiger partial charge in [-0.25, -0.2) is 8.78 Å². The van der Waals surface area contributed by atoms with Crippen LogP contribution in [0.1, 0.15) is 6.42 Å². The smallest absolute Gasteiger partial charge is 0.243 e. The van der Waals surface area contributed by atoms with Gasteiger partial charge in [0.25, 0.3) is 0 Å². The summed E-state index contributed by atoms with van der Waals surface area (Å²) in [5.74, 6) is -1.02. The van der Waals surface area contributed by atoms with Gasteiger partial charge in [-0.15, -0.1) is 0 Å². The van der Waals surface area contributed by atoms with E-state index >= 15 is 0 Å². The fourth-order valence-electron chi connectivity index (χ4n) is 0.901. The van der Waals surface area contributed by atoms with Crippen molar-refractivity contribution in [3.63, 3.8) is 0 Å². The van der Waals surface area contributed by atoms with Crippen LogP contribution >= 0.6 is 0 Å². The third-order valence-corrected chi connectivity index (χ3v) is 1.68. The minimum Gasteiger partial charge on any atom is -0.349 e. The van der Waals surface area contributed by atoms with Crippen molar-refractivity contribution in [2.45, 2.75) is 18.9 Å². The molecule has 0 aromatic carbocycles. The fourth-order valence-corrected chi connectivity index (χ4v) is 0.901. The molecule has 2 nitrogen and oxygen atoms in total. The number of hydrogen-bond donors (Lipinski definition) is 1. The van der Waals surface area contributed by atoms with E-state index in [1.807, 2.05) is 0 Å². The van der Waals surface area contributed by atoms with E-state index < -0.39 is 12.3 Å². The highest BCUT2D eigenvalue weighted by Crippen LogP contribution is 2.35. The molecule has 1 rings (SSSR count). The Morgan fingerprint density at radius 2 is 2.36 bits per heavy atom. The van der Waals surface area contributed by atoms with Gasteiger partial charge in [0.2, 0.25) is 12.3 Å². The Morgan fingerprint density at radius 1 is 1.73 bits per heavy atom. The second-order valence-electron chi connectivity index (χ2n) is 2.55. The van der Waals surface area contributed by atoms with Crippen molar-refractivity contribution in [2.24, 2.45) is 5.92 Å². The molecule has 1 aliphatic rings. The van der Waals surface area contributed by atoms with E-state index in [0.717, 1.165) is 6.08 Å². The Balaban J connectivity index is 2.23. The number of alkyl halides is 2. The normalized spacial score (nSPS) is 28.3. The summed E-state index contributed by atoms with van der Waals surface area (Å²) in [4.78, 5) is 10.6. The standard InChI is InChI=1S/C7H9F2NO/c1-2-6(11)10-5-3-4(5)7(8)9/h2,4-5,7H,1,3H2,(H,10,11)/t4-,5-/m0/s1. The van der Waals surface area contributed by atoms with Crippen LogP contribution in [0.25, 0.3) is 0 Å². The van der Waals surface area contributed by atoms with Crippen molar-refractivity contribution in [2.75, 3.05) is 0 Å². The summed E-state index contributed by atoms with van der Waals surface area (Å²) in [5, 5.41) is 2.40. The molecule has 4 heteroatoms. The Labute approximate surface area is 63.3 Å². The summed E-state index contributed by atoms with van der Waals surface area (Å²) in [7, 11) is 0. The van der Waals surface area contributed by atoms with Crippen LogP contribution in [0.3, 0.4) is 0 Å². The van der Waals surface area contributed by atoms with Gasteiger partial charge in [-0.2, -0.15) is 0 Å². The van der Waals surface area contributed by atoms with Gasteiger partial charge in [-0.1, -0.05) is 6.58 Å². The highest BCUT2D eigenvalue weighted by atomic mass is 19.3. The van der Waals surface area contributed by atoms with Crippen molar-refractivity contribution in [3.8, 4) is 0 Å². The van der Waals surface area contributed by atoms with Crippen LogP contribution in [0.4, 0.5) is 8.78 Å². The molecule has 0 saturated heterocycles. The molecular weight excluding hydrogens is 152 g/mol. The van der Waals surface area contributed by atoms with Crippen molar-refractivity contribution < 1.29 is 13.6 Å². The first-order valence-corrected chi connectivity index (χ1v) is 3.36. The Hall–Kier alpha value is -0.930. The molecule has 1 saturated carbocycles. The van der Waals surface area contributed by atoms with E-state index in [9.17, 15) is 13.6 Å². The lowest BCUT2D eigenvalue weighted by Crippen LogP contribution is -2.25. The molecule has 0 bridgehead atoms. The van der Waals surface area contributed by atoms with Gasteiger partial charge < -0.3 is 5.32 Å². The van der Waals surface area contributed by atoms with Gasteiger partial charge in [-0.3, -0.25) is 4.79 Å². The molecule has 1 amide bonds. The lowest BCUT2D eigenvalue weighted by molar-refractivity contribution is -0.116. The van der Waals surface area contributed by atoms with Crippen LogP contribution in [0, 0.1) is 5.92 Å². The quantitative estimate of drug-likeness (QED) is 0.613. The van der Waals surface area contributed by atoms with Gasteiger partial charge in [0, 0.05) is 12.0 Å². The summed E-state index contributed by atoms with van der Waals surface area (Å²) >= 11 is 0. The van der Waals surface area contributed by atoms with Crippen LogP contribution in [0.5, 0.6) is 0 Å². The van der Waals surface area contributed by atoms with Crippen LogP contribution in [-0.4, -0.2) is 18.4 Å². The van der Waals surface area contributed by atoms with Crippen LogP contribution in [-0.2, 0) is 4.79 Å². The highest BCUT2D eigenvalue weighted by Gasteiger charge is 2.44. The van der Waals surface area contributed by atoms with E-state index in [1.165, 1.54) is 0 Å². The molecule has 62 valence electrons. The molecule has 0 spiro atoms. The van der Waals surface area contributed by atoms with E-state index in [1.54, 1.807) is 0 Å². The van der Waals surface area contributed by atoms with Crippen molar-refractivity contribution in [1.82, 2.24) is 5.32 Å². The molecule has 0 aliphatic heterocycles. The molecule has 1 aliphatic carbocycles. The first-order valence-electron chi connectivity index (χ1n) is 3.36. The predicted molar refractivity (Wildman–Crippen MR) is 36.2 cm³/mol. The highest BCUT2D eigenvalue weighted by molar-refractivity contribution is 5.87. The van der Waals surface area contributed by atoms with Crippen LogP contribution < -0.4 is 5.32 Å².